The molecule has 0 amide bonds. The zero-order valence-corrected chi connectivity index (χ0v) is 16.3. The molecule has 5 rings (SSSR count). The number of benzene rings is 1. The van der Waals surface area contributed by atoms with Gasteiger partial charge in [-0.05, 0) is 60.6 Å². The summed E-state index contributed by atoms with van der Waals surface area (Å²) in [5.74, 6) is 0.381. The first-order valence-corrected chi connectivity index (χ1v) is 10.4. The van der Waals surface area contributed by atoms with E-state index in [9.17, 15) is 13.6 Å². The number of fused-ring (bicyclic) bond motifs is 3. The van der Waals surface area contributed by atoms with E-state index in [1.807, 2.05) is 5.38 Å². The first-order valence-electron chi connectivity index (χ1n) is 9.48. The molecule has 0 spiro atoms. The van der Waals surface area contributed by atoms with E-state index in [1.54, 1.807) is 6.07 Å². The Morgan fingerprint density at radius 3 is 2.72 bits per heavy atom. The van der Waals surface area contributed by atoms with Crippen molar-refractivity contribution in [2.24, 2.45) is 0 Å². The Morgan fingerprint density at radius 1 is 1.14 bits per heavy atom. The van der Waals surface area contributed by atoms with Crippen LogP contribution in [0.15, 0.2) is 28.4 Å². The molecule has 9 heteroatoms. The number of nitrogens with one attached hydrogen (secondary N) is 4. The van der Waals surface area contributed by atoms with E-state index < -0.39 is 13.0 Å². The average molecular weight is 415 g/mol. The summed E-state index contributed by atoms with van der Waals surface area (Å²) in [6.45, 7) is 1.31. The van der Waals surface area contributed by atoms with Gasteiger partial charge in [-0.1, -0.05) is 0 Å². The van der Waals surface area contributed by atoms with Gasteiger partial charge in [-0.15, -0.1) is 11.3 Å². The fraction of sp³-hybridized carbons (Fsp3) is 0.300. The number of thiophene rings is 1. The highest BCUT2D eigenvalue weighted by Crippen LogP contribution is 2.34. The van der Waals surface area contributed by atoms with Crippen molar-refractivity contribution >= 4 is 38.3 Å². The molecule has 3 aromatic heterocycles. The fourth-order valence-corrected chi connectivity index (χ4v) is 4.77. The predicted molar refractivity (Wildman–Crippen MR) is 112 cm³/mol. The van der Waals surface area contributed by atoms with Gasteiger partial charge in [0.25, 0.3) is 12.0 Å². The van der Waals surface area contributed by atoms with E-state index >= 15 is 0 Å². The molecule has 0 saturated heterocycles. The quantitative estimate of drug-likeness (QED) is 0.411. The number of aromatic amines is 2. The molecule has 0 aliphatic carbocycles. The summed E-state index contributed by atoms with van der Waals surface area (Å²) in [5, 5.41) is 7.97. The first-order chi connectivity index (χ1) is 14.1. The summed E-state index contributed by atoms with van der Waals surface area (Å²) in [4.78, 5) is 23.5. The number of hydrogen-bond donors (Lipinski definition) is 4. The number of aromatic nitrogens is 3. The van der Waals surface area contributed by atoms with Crippen LogP contribution >= 0.6 is 11.3 Å². The second kappa shape index (κ2) is 7.23. The Labute approximate surface area is 168 Å². The molecule has 0 radical (unpaired) electrons. The minimum absolute atomic E-state index is 0.258. The van der Waals surface area contributed by atoms with Gasteiger partial charge in [-0.25, -0.2) is 13.8 Å². The van der Waals surface area contributed by atoms with Crippen molar-refractivity contribution in [3.63, 3.8) is 0 Å². The van der Waals surface area contributed by atoms with Gasteiger partial charge in [0, 0.05) is 0 Å². The highest BCUT2D eigenvalue weighted by Gasteiger charge is 2.20. The van der Waals surface area contributed by atoms with E-state index in [-0.39, 0.29) is 11.1 Å². The fourth-order valence-electron chi connectivity index (χ4n) is 3.89. The minimum Gasteiger partial charge on any atom is -0.377 e. The van der Waals surface area contributed by atoms with Crippen LogP contribution in [-0.4, -0.2) is 41.0 Å². The van der Waals surface area contributed by atoms with Crippen LogP contribution in [0.25, 0.3) is 32.6 Å². The van der Waals surface area contributed by atoms with Gasteiger partial charge >= 0.3 is 0 Å². The lowest BCUT2D eigenvalue weighted by molar-refractivity contribution is 0.163. The molecule has 0 bridgehead atoms. The number of nitrogens with zero attached hydrogens (tertiary/aromatic N) is 1. The molecule has 4 N–H and O–H groups in total. The number of halogens is 2. The summed E-state index contributed by atoms with van der Waals surface area (Å²) in [7, 11) is 0. The van der Waals surface area contributed by atoms with Crippen LogP contribution in [0.4, 0.5) is 14.5 Å². The third-order valence-electron chi connectivity index (χ3n) is 5.23. The van der Waals surface area contributed by atoms with E-state index in [1.165, 1.54) is 22.5 Å². The highest BCUT2D eigenvalue weighted by molar-refractivity contribution is 7.17. The smallest absolute Gasteiger partial charge is 0.261 e. The van der Waals surface area contributed by atoms with Gasteiger partial charge in [0.2, 0.25) is 0 Å². The topological polar surface area (TPSA) is 85.6 Å². The van der Waals surface area contributed by atoms with Crippen molar-refractivity contribution in [3.8, 4) is 11.4 Å². The number of rotatable bonds is 4. The summed E-state index contributed by atoms with van der Waals surface area (Å²) < 4.78 is 26.5. The molecule has 0 atom stereocenters. The van der Waals surface area contributed by atoms with Crippen LogP contribution < -0.4 is 16.2 Å². The summed E-state index contributed by atoms with van der Waals surface area (Å²) in [6, 6.07) is 5.91. The molecule has 4 aromatic rings. The van der Waals surface area contributed by atoms with Crippen LogP contribution in [0.5, 0.6) is 0 Å². The SMILES string of the molecule is O=c1[nH]c2ccsc2c(NCC(F)F)c1-c1nc2cc3c(cc2[nH]1)CCNCC3. The van der Waals surface area contributed by atoms with Crippen molar-refractivity contribution in [2.45, 2.75) is 19.3 Å². The molecule has 0 unspecified atom stereocenters. The molecule has 1 aliphatic heterocycles. The van der Waals surface area contributed by atoms with Crippen molar-refractivity contribution in [1.82, 2.24) is 20.3 Å². The Morgan fingerprint density at radius 2 is 1.93 bits per heavy atom. The van der Waals surface area contributed by atoms with Crippen LogP contribution in [-0.2, 0) is 12.8 Å². The Kier molecular flexibility index (Phi) is 4.56. The van der Waals surface area contributed by atoms with Gasteiger partial charge in [0.05, 0.1) is 33.5 Å². The van der Waals surface area contributed by atoms with E-state index in [4.69, 9.17) is 0 Å². The minimum atomic E-state index is -2.53. The van der Waals surface area contributed by atoms with Crippen molar-refractivity contribution in [1.29, 1.82) is 0 Å². The largest absolute Gasteiger partial charge is 0.377 e. The molecule has 6 nitrogen and oxygen atoms in total. The maximum Gasteiger partial charge on any atom is 0.261 e. The third kappa shape index (κ3) is 3.30. The molecule has 1 aliphatic rings. The maximum atomic E-state index is 12.9. The summed E-state index contributed by atoms with van der Waals surface area (Å²) in [6.07, 6.45) is -0.670. The zero-order valence-electron chi connectivity index (χ0n) is 15.4. The number of pyridine rings is 1. The number of imidazole rings is 1. The second-order valence-electron chi connectivity index (χ2n) is 7.11. The lowest BCUT2D eigenvalue weighted by Crippen LogP contribution is -2.17. The number of H-pyrrole nitrogens is 2. The van der Waals surface area contributed by atoms with E-state index in [0.29, 0.717) is 17.0 Å². The van der Waals surface area contributed by atoms with Crippen molar-refractivity contribution < 1.29 is 8.78 Å². The van der Waals surface area contributed by atoms with Gasteiger partial charge in [0.15, 0.2) is 0 Å². The average Bonchev–Trinajstić information content (AvgIpc) is 3.24. The molecule has 0 fully saturated rings. The third-order valence-corrected chi connectivity index (χ3v) is 6.16. The number of anilines is 1. The van der Waals surface area contributed by atoms with Gasteiger partial charge in [-0.2, -0.15) is 0 Å². The van der Waals surface area contributed by atoms with E-state index in [0.717, 1.165) is 41.7 Å². The second-order valence-corrected chi connectivity index (χ2v) is 8.03. The van der Waals surface area contributed by atoms with Crippen LogP contribution in [0.1, 0.15) is 11.1 Å². The molecule has 1 aromatic carbocycles. The molecule has 29 heavy (non-hydrogen) atoms. The normalized spacial score (nSPS) is 14.4. The molecular weight excluding hydrogens is 396 g/mol. The predicted octanol–water partition coefficient (Wildman–Crippen LogP) is 3.50. The summed E-state index contributed by atoms with van der Waals surface area (Å²) in [5.41, 5.74) is 5.03. The Hall–Kier alpha value is -2.78. The lowest BCUT2D eigenvalue weighted by atomic mass is 10.0. The Balaban J connectivity index is 1.68. The first kappa shape index (κ1) is 18.3. The Bertz CT molecular complexity index is 1220. The molecule has 4 heterocycles. The summed E-state index contributed by atoms with van der Waals surface area (Å²) >= 11 is 1.39. The van der Waals surface area contributed by atoms with Gasteiger partial charge in [0.1, 0.15) is 11.4 Å². The van der Waals surface area contributed by atoms with Crippen molar-refractivity contribution in [2.75, 3.05) is 25.0 Å². The van der Waals surface area contributed by atoms with Crippen LogP contribution in [0, 0.1) is 0 Å². The van der Waals surface area contributed by atoms with Crippen LogP contribution in [0.2, 0.25) is 0 Å². The maximum absolute atomic E-state index is 12.9. The van der Waals surface area contributed by atoms with Crippen molar-refractivity contribution in [3.05, 3.63) is 45.1 Å². The highest BCUT2D eigenvalue weighted by atomic mass is 32.1. The van der Waals surface area contributed by atoms with E-state index in [2.05, 4.69) is 37.7 Å². The van der Waals surface area contributed by atoms with Gasteiger partial charge in [-0.3, -0.25) is 4.79 Å². The van der Waals surface area contributed by atoms with Crippen LogP contribution in [0.3, 0.4) is 0 Å². The number of alkyl halides is 2. The zero-order chi connectivity index (χ0) is 20.0. The molecule has 0 saturated carbocycles. The number of hydrogen-bond acceptors (Lipinski definition) is 5. The molecular formula is C20H19F2N5OS. The standard InChI is InChI=1S/C20H19F2N5OS/c21-15(22)9-24-17-16(20(28)27-12-3-6-29-18(12)17)19-25-13-7-10-1-4-23-5-2-11(10)8-14(13)26-19/h3,6-8,15,23H,1-2,4-5,9H2,(H,25,26)(H2,24,27,28). The monoisotopic (exact) mass is 415 g/mol. The lowest BCUT2D eigenvalue weighted by Gasteiger charge is -2.11. The molecule has 150 valence electrons. The van der Waals surface area contributed by atoms with Gasteiger partial charge < -0.3 is 20.6 Å².